The van der Waals surface area contributed by atoms with Crippen LogP contribution in [-0.4, -0.2) is 13.9 Å². The second-order valence-electron chi connectivity index (χ2n) is 8.39. The van der Waals surface area contributed by atoms with Crippen LogP contribution in [0, 0.1) is 13.8 Å². The molecule has 0 radical (unpaired) electrons. The summed E-state index contributed by atoms with van der Waals surface area (Å²) in [5.41, 5.74) is 9.86. The van der Waals surface area contributed by atoms with E-state index in [-0.39, 0.29) is 6.85 Å². The summed E-state index contributed by atoms with van der Waals surface area (Å²) in [6.45, 7) is 4.44. The van der Waals surface area contributed by atoms with Crippen LogP contribution in [0.15, 0.2) is 84.9 Å². The number of benzene rings is 4. The fourth-order valence-corrected chi connectivity index (χ4v) is 5.12. The van der Waals surface area contributed by atoms with Gasteiger partial charge in [-0.25, -0.2) is 0 Å². The smallest absolute Gasteiger partial charge is 0.335 e. The molecule has 0 fully saturated rings. The number of anilines is 4. The Balaban J connectivity index is 1.72. The fraction of sp³-hybridized carbons (Fsp3) is 0.111. The zero-order valence-electron chi connectivity index (χ0n) is 18.0. The second-order valence-corrected chi connectivity index (χ2v) is 8.39. The van der Waals surface area contributed by atoms with Gasteiger partial charge in [0, 0.05) is 7.05 Å². The average Bonchev–Trinajstić information content (AvgIpc) is 2.79. The zero-order chi connectivity index (χ0) is 21.1. The van der Waals surface area contributed by atoms with Crippen molar-refractivity contribution < 1.29 is 4.74 Å². The van der Waals surface area contributed by atoms with Crippen molar-refractivity contribution >= 4 is 40.5 Å². The highest BCUT2D eigenvalue weighted by Gasteiger charge is 2.42. The van der Waals surface area contributed by atoms with Crippen LogP contribution in [0.1, 0.15) is 11.1 Å². The first-order valence-corrected chi connectivity index (χ1v) is 10.7. The van der Waals surface area contributed by atoms with Gasteiger partial charge in [0.2, 0.25) is 0 Å². The van der Waals surface area contributed by atoms with Crippen molar-refractivity contribution in [3.8, 4) is 11.5 Å². The number of hydrogen-bond acceptors (Lipinski definition) is 3. The Hall–Kier alpha value is -3.66. The fourth-order valence-electron chi connectivity index (χ4n) is 5.12. The van der Waals surface area contributed by atoms with Crippen LogP contribution < -0.4 is 25.4 Å². The predicted octanol–water partition coefficient (Wildman–Crippen LogP) is 5.43. The molecule has 4 aromatic rings. The Labute approximate surface area is 183 Å². The van der Waals surface area contributed by atoms with Gasteiger partial charge in [0.05, 0.1) is 22.7 Å². The molecule has 6 rings (SSSR count). The van der Waals surface area contributed by atoms with Gasteiger partial charge < -0.3 is 14.4 Å². The summed E-state index contributed by atoms with van der Waals surface area (Å²) in [6.07, 6.45) is 0. The Kier molecular flexibility index (Phi) is 3.91. The SMILES string of the molecule is Cc1cccc2c1N(B1c3ccccc3Oc3ccccc31)c1c(C)cccc1N2C. The molecule has 4 aromatic carbocycles. The molecule has 0 atom stereocenters. The summed E-state index contributed by atoms with van der Waals surface area (Å²) in [4.78, 5) is 4.85. The van der Waals surface area contributed by atoms with Crippen molar-refractivity contribution in [2.75, 3.05) is 16.8 Å². The number of nitrogens with zero attached hydrogens (tertiary/aromatic N) is 2. The number of ether oxygens (including phenoxy) is 1. The summed E-state index contributed by atoms with van der Waals surface area (Å²) < 4.78 is 6.32. The van der Waals surface area contributed by atoms with E-state index in [2.05, 4.69) is 103 Å². The molecule has 0 aliphatic carbocycles. The largest absolute Gasteiger partial charge is 0.458 e. The molecule has 0 bridgehead atoms. The minimum atomic E-state index is 0.0227. The van der Waals surface area contributed by atoms with Crippen molar-refractivity contribution in [2.45, 2.75) is 13.8 Å². The molecular formula is C27H23BN2O. The van der Waals surface area contributed by atoms with Crippen LogP contribution in [0.4, 0.5) is 22.7 Å². The van der Waals surface area contributed by atoms with E-state index < -0.39 is 0 Å². The van der Waals surface area contributed by atoms with Gasteiger partial charge in [-0.05, 0) is 60.2 Å². The van der Waals surface area contributed by atoms with Gasteiger partial charge in [0.15, 0.2) is 0 Å². The van der Waals surface area contributed by atoms with E-state index in [0.29, 0.717) is 0 Å². The van der Waals surface area contributed by atoms with E-state index in [1.165, 1.54) is 44.8 Å². The van der Waals surface area contributed by atoms with E-state index in [4.69, 9.17) is 4.74 Å². The van der Waals surface area contributed by atoms with Crippen molar-refractivity contribution in [1.82, 2.24) is 0 Å². The van der Waals surface area contributed by atoms with Crippen molar-refractivity contribution in [3.05, 3.63) is 96.1 Å². The first kappa shape index (κ1) is 18.1. The third-order valence-electron chi connectivity index (χ3n) is 6.54. The maximum atomic E-state index is 6.32. The molecule has 31 heavy (non-hydrogen) atoms. The average molecular weight is 402 g/mol. The van der Waals surface area contributed by atoms with Crippen LogP contribution in [0.25, 0.3) is 0 Å². The second kappa shape index (κ2) is 6.68. The lowest BCUT2D eigenvalue weighted by atomic mass is 9.47. The molecule has 0 saturated carbocycles. The molecule has 150 valence electrons. The van der Waals surface area contributed by atoms with Gasteiger partial charge in [-0.1, -0.05) is 60.7 Å². The molecule has 0 saturated heterocycles. The Bertz CT molecular complexity index is 1230. The van der Waals surface area contributed by atoms with Gasteiger partial charge >= 0.3 is 6.85 Å². The molecule has 2 aliphatic heterocycles. The third kappa shape index (κ3) is 2.54. The van der Waals surface area contributed by atoms with Gasteiger partial charge in [-0.2, -0.15) is 0 Å². The van der Waals surface area contributed by atoms with E-state index in [1.807, 2.05) is 12.1 Å². The summed E-state index contributed by atoms with van der Waals surface area (Å²) in [6, 6.07) is 30.0. The minimum absolute atomic E-state index is 0.0227. The third-order valence-corrected chi connectivity index (χ3v) is 6.54. The van der Waals surface area contributed by atoms with Crippen LogP contribution >= 0.6 is 0 Å². The molecule has 0 N–H and O–H groups in total. The van der Waals surface area contributed by atoms with Gasteiger partial charge in [0.25, 0.3) is 0 Å². The summed E-state index contributed by atoms with van der Waals surface area (Å²) >= 11 is 0. The predicted molar refractivity (Wildman–Crippen MR) is 131 cm³/mol. The van der Waals surface area contributed by atoms with Gasteiger partial charge in [0.1, 0.15) is 11.5 Å². The highest BCUT2D eigenvalue weighted by Crippen LogP contribution is 2.50. The lowest BCUT2D eigenvalue weighted by Gasteiger charge is -2.45. The van der Waals surface area contributed by atoms with Gasteiger partial charge in [-0.3, -0.25) is 0 Å². The van der Waals surface area contributed by atoms with E-state index in [9.17, 15) is 0 Å². The maximum Gasteiger partial charge on any atom is 0.335 e. The minimum Gasteiger partial charge on any atom is -0.458 e. The zero-order valence-corrected chi connectivity index (χ0v) is 18.0. The molecular weight excluding hydrogens is 379 g/mol. The molecule has 3 nitrogen and oxygen atoms in total. The van der Waals surface area contributed by atoms with E-state index >= 15 is 0 Å². The maximum absolute atomic E-state index is 6.32. The Morgan fingerprint density at radius 3 is 1.61 bits per heavy atom. The number of hydrogen-bond donors (Lipinski definition) is 0. The van der Waals surface area contributed by atoms with Crippen LogP contribution in [0.2, 0.25) is 0 Å². The molecule has 4 heteroatoms. The summed E-state index contributed by atoms with van der Waals surface area (Å²) in [7, 11) is 2.17. The normalized spacial score (nSPS) is 13.7. The number of rotatable bonds is 1. The standard InChI is InChI=1S/C27H23BN2O/c1-18-10-8-14-22-26(18)30(27-19(2)11-9-15-23(27)29(22)3)28-20-12-4-6-16-24(20)31-25-17-7-5-13-21(25)28/h4-17H,1-3H3. The molecule has 0 unspecified atom stereocenters. The van der Waals surface area contributed by atoms with Crippen LogP contribution in [0.3, 0.4) is 0 Å². The summed E-state index contributed by atoms with van der Waals surface area (Å²) in [5.74, 6) is 1.85. The van der Waals surface area contributed by atoms with E-state index in [1.54, 1.807) is 0 Å². The highest BCUT2D eigenvalue weighted by atomic mass is 16.5. The first-order chi connectivity index (χ1) is 15.1. The molecule has 0 amide bonds. The number of fused-ring (bicyclic) bond motifs is 4. The van der Waals surface area contributed by atoms with Crippen molar-refractivity contribution in [3.63, 3.8) is 0 Å². The number of para-hydroxylation sites is 4. The summed E-state index contributed by atoms with van der Waals surface area (Å²) in [5, 5.41) is 0. The highest BCUT2D eigenvalue weighted by molar-refractivity contribution is 6.91. The molecule has 0 spiro atoms. The quantitative estimate of drug-likeness (QED) is 0.395. The topological polar surface area (TPSA) is 15.7 Å². The lowest BCUT2D eigenvalue weighted by molar-refractivity contribution is 0.487. The van der Waals surface area contributed by atoms with Crippen LogP contribution in [-0.2, 0) is 0 Å². The lowest BCUT2D eigenvalue weighted by Crippen LogP contribution is -2.58. The molecule has 2 aliphatic rings. The van der Waals surface area contributed by atoms with E-state index in [0.717, 1.165) is 11.5 Å². The van der Waals surface area contributed by atoms with Crippen molar-refractivity contribution in [2.24, 2.45) is 0 Å². The Morgan fingerprint density at radius 2 is 1.10 bits per heavy atom. The molecule has 2 heterocycles. The monoisotopic (exact) mass is 402 g/mol. The number of aryl methyl sites for hydroxylation is 2. The Morgan fingerprint density at radius 1 is 0.613 bits per heavy atom. The van der Waals surface area contributed by atoms with Crippen LogP contribution in [0.5, 0.6) is 11.5 Å². The van der Waals surface area contributed by atoms with Crippen molar-refractivity contribution in [1.29, 1.82) is 0 Å². The first-order valence-electron chi connectivity index (χ1n) is 10.7. The van der Waals surface area contributed by atoms with Gasteiger partial charge in [-0.15, -0.1) is 0 Å². The molecule has 0 aromatic heterocycles.